The molecular weight excluding hydrogens is 190 g/mol. The van der Waals surface area contributed by atoms with E-state index < -0.39 is 0 Å². The van der Waals surface area contributed by atoms with E-state index in [0.29, 0.717) is 11.3 Å². The molecule has 0 spiro atoms. The highest BCUT2D eigenvalue weighted by Crippen LogP contribution is 2.20. The van der Waals surface area contributed by atoms with E-state index in [1.807, 2.05) is 0 Å². The summed E-state index contributed by atoms with van der Waals surface area (Å²) in [6, 6.07) is 1.76. The van der Waals surface area contributed by atoms with Gasteiger partial charge >= 0.3 is 0 Å². The molecule has 13 heavy (non-hydrogen) atoms. The van der Waals surface area contributed by atoms with Crippen molar-refractivity contribution in [1.29, 1.82) is 0 Å². The normalized spacial score (nSPS) is 17.2. The molecule has 1 fully saturated rings. The first-order valence-corrected chi connectivity index (χ1v) is 4.42. The molecule has 4 nitrogen and oxygen atoms in total. The van der Waals surface area contributed by atoms with Gasteiger partial charge in [-0.15, -0.1) is 0 Å². The SMILES string of the molecule is COC1CN(c2cc(Cl)ncn2)C1. The van der Waals surface area contributed by atoms with Gasteiger partial charge in [-0.2, -0.15) is 0 Å². The lowest BCUT2D eigenvalue weighted by atomic mass is 10.2. The van der Waals surface area contributed by atoms with E-state index in [4.69, 9.17) is 16.3 Å². The van der Waals surface area contributed by atoms with Gasteiger partial charge in [-0.25, -0.2) is 9.97 Å². The predicted octanol–water partition coefficient (Wildman–Crippen LogP) is 0.965. The summed E-state index contributed by atoms with van der Waals surface area (Å²) in [7, 11) is 1.72. The van der Waals surface area contributed by atoms with E-state index in [1.165, 1.54) is 6.33 Å². The molecule has 0 atom stereocenters. The minimum absolute atomic E-state index is 0.328. The van der Waals surface area contributed by atoms with Gasteiger partial charge in [-0.1, -0.05) is 11.6 Å². The maximum Gasteiger partial charge on any atom is 0.134 e. The fourth-order valence-corrected chi connectivity index (χ4v) is 1.41. The summed E-state index contributed by atoms with van der Waals surface area (Å²) in [5, 5.41) is 0.478. The van der Waals surface area contributed by atoms with Crippen LogP contribution in [-0.2, 0) is 4.74 Å². The molecule has 0 bridgehead atoms. The first-order chi connectivity index (χ1) is 6.29. The zero-order chi connectivity index (χ0) is 9.26. The second-order valence-electron chi connectivity index (χ2n) is 2.96. The van der Waals surface area contributed by atoms with Crippen molar-refractivity contribution in [2.45, 2.75) is 6.10 Å². The number of aromatic nitrogens is 2. The highest BCUT2D eigenvalue weighted by atomic mass is 35.5. The van der Waals surface area contributed by atoms with Crippen LogP contribution in [0.15, 0.2) is 12.4 Å². The Labute approximate surface area is 81.5 Å². The molecule has 0 aliphatic carbocycles. The van der Waals surface area contributed by atoms with Crippen molar-refractivity contribution in [1.82, 2.24) is 9.97 Å². The van der Waals surface area contributed by atoms with Crippen molar-refractivity contribution >= 4 is 17.4 Å². The molecule has 70 valence electrons. The fraction of sp³-hybridized carbons (Fsp3) is 0.500. The van der Waals surface area contributed by atoms with Crippen LogP contribution in [0.3, 0.4) is 0 Å². The highest BCUT2D eigenvalue weighted by molar-refractivity contribution is 6.29. The van der Waals surface area contributed by atoms with Gasteiger partial charge in [0.05, 0.1) is 6.10 Å². The fourth-order valence-electron chi connectivity index (χ4n) is 1.27. The van der Waals surface area contributed by atoms with E-state index in [-0.39, 0.29) is 0 Å². The van der Waals surface area contributed by atoms with Crippen molar-refractivity contribution in [3.63, 3.8) is 0 Å². The number of anilines is 1. The lowest BCUT2D eigenvalue weighted by Gasteiger charge is -2.38. The number of hydrogen-bond acceptors (Lipinski definition) is 4. The molecule has 0 saturated carbocycles. The highest BCUT2D eigenvalue weighted by Gasteiger charge is 2.27. The molecule has 0 N–H and O–H groups in total. The van der Waals surface area contributed by atoms with Crippen LogP contribution in [0.4, 0.5) is 5.82 Å². The standard InChI is InChI=1S/C8H10ClN3O/c1-13-6-3-12(4-6)8-2-7(9)10-5-11-8/h2,5-6H,3-4H2,1H3. The van der Waals surface area contributed by atoms with E-state index in [0.717, 1.165) is 18.9 Å². The first-order valence-electron chi connectivity index (χ1n) is 4.05. The Kier molecular flexibility index (Phi) is 2.33. The average molecular weight is 200 g/mol. The molecular formula is C8H10ClN3O. The minimum atomic E-state index is 0.328. The second-order valence-corrected chi connectivity index (χ2v) is 3.35. The molecule has 1 aromatic heterocycles. The Morgan fingerprint density at radius 2 is 2.31 bits per heavy atom. The Morgan fingerprint density at radius 1 is 1.54 bits per heavy atom. The molecule has 2 rings (SSSR count). The molecule has 1 aliphatic rings. The molecule has 2 heterocycles. The largest absolute Gasteiger partial charge is 0.378 e. The Hall–Kier alpha value is -0.870. The summed E-state index contributed by atoms with van der Waals surface area (Å²) in [6.45, 7) is 1.76. The minimum Gasteiger partial charge on any atom is -0.378 e. The third kappa shape index (κ3) is 1.73. The van der Waals surface area contributed by atoms with Crippen LogP contribution in [0.5, 0.6) is 0 Å². The van der Waals surface area contributed by atoms with Crippen molar-refractivity contribution in [3.05, 3.63) is 17.5 Å². The molecule has 5 heteroatoms. The summed E-state index contributed by atoms with van der Waals surface area (Å²) in [4.78, 5) is 10.0. The number of ether oxygens (including phenoxy) is 1. The summed E-state index contributed by atoms with van der Waals surface area (Å²) in [5.41, 5.74) is 0. The molecule has 1 aromatic rings. The number of nitrogens with zero attached hydrogens (tertiary/aromatic N) is 3. The van der Waals surface area contributed by atoms with Crippen molar-refractivity contribution in [2.75, 3.05) is 25.1 Å². The van der Waals surface area contributed by atoms with Crippen LogP contribution < -0.4 is 4.90 Å². The smallest absolute Gasteiger partial charge is 0.134 e. The maximum atomic E-state index is 5.73. The van der Waals surface area contributed by atoms with Gasteiger partial charge in [0.2, 0.25) is 0 Å². The predicted molar refractivity (Wildman–Crippen MR) is 50.1 cm³/mol. The molecule has 0 radical (unpaired) electrons. The first kappa shape index (κ1) is 8.72. The van der Waals surface area contributed by atoms with Crippen molar-refractivity contribution < 1.29 is 4.74 Å². The van der Waals surface area contributed by atoms with Crippen LogP contribution in [0.25, 0.3) is 0 Å². The van der Waals surface area contributed by atoms with E-state index in [9.17, 15) is 0 Å². The number of rotatable bonds is 2. The van der Waals surface area contributed by atoms with Gasteiger partial charge < -0.3 is 9.64 Å². The summed E-state index contributed by atoms with van der Waals surface area (Å²) in [5.74, 6) is 0.869. The lowest BCUT2D eigenvalue weighted by molar-refractivity contribution is 0.0783. The molecule has 1 aliphatic heterocycles. The topological polar surface area (TPSA) is 38.2 Å². The lowest BCUT2D eigenvalue weighted by Crippen LogP contribution is -2.52. The van der Waals surface area contributed by atoms with Gasteiger partial charge in [-0.05, 0) is 0 Å². The van der Waals surface area contributed by atoms with Crippen LogP contribution in [0.1, 0.15) is 0 Å². The third-order valence-corrected chi connectivity index (χ3v) is 2.33. The molecule has 0 aromatic carbocycles. The molecule has 0 amide bonds. The molecule has 1 saturated heterocycles. The zero-order valence-electron chi connectivity index (χ0n) is 7.27. The quantitative estimate of drug-likeness (QED) is 0.666. The van der Waals surface area contributed by atoms with Crippen LogP contribution in [0.2, 0.25) is 5.15 Å². The van der Waals surface area contributed by atoms with Gasteiger partial charge in [-0.3, -0.25) is 0 Å². The number of hydrogen-bond donors (Lipinski definition) is 0. The van der Waals surface area contributed by atoms with E-state index in [1.54, 1.807) is 13.2 Å². The Bertz CT molecular complexity index is 301. The van der Waals surface area contributed by atoms with Crippen LogP contribution >= 0.6 is 11.6 Å². The average Bonchev–Trinajstić information content (AvgIpc) is 2.02. The Balaban J connectivity index is 2.03. The van der Waals surface area contributed by atoms with E-state index in [2.05, 4.69) is 14.9 Å². The summed E-state index contributed by atoms with van der Waals surface area (Å²) < 4.78 is 5.15. The van der Waals surface area contributed by atoms with Gasteiger partial charge in [0.25, 0.3) is 0 Å². The second kappa shape index (κ2) is 3.47. The van der Waals surface area contributed by atoms with Crippen LogP contribution in [0, 0.1) is 0 Å². The maximum absolute atomic E-state index is 5.73. The van der Waals surface area contributed by atoms with Gasteiger partial charge in [0.15, 0.2) is 0 Å². The van der Waals surface area contributed by atoms with Gasteiger partial charge in [0, 0.05) is 26.3 Å². The third-order valence-electron chi connectivity index (χ3n) is 2.12. The van der Waals surface area contributed by atoms with Crippen molar-refractivity contribution in [3.8, 4) is 0 Å². The zero-order valence-corrected chi connectivity index (χ0v) is 8.03. The monoisotopic (exact) mass is 199 g/mol. The van der Waals surface area contributed by atoms with Crippen LogP contribution in [-0.4, -0.2) is 36.3 Å². The van der Waals surface area contributed by atoms with Gasteiger partial charge in [0.1, 0.15) is 17.3 Å². The molecule has 0 unspecified atom stereocenters. The Morgan fingerprint density at radius 3 is 2.92 bits per heavy atom. The van der Waals surface area contributed by atoms with E-state index >= 15 is 0 Å². The summed E-state index contributed by atoms with van der Waals surface area (Å²) >= 11 is 5.73. The number of methoxy groups -OCH3 is 1. The van der Waals surface area contributed by atoms with Crippen molar-refractivity contribution in [2.24, 2.45) is 0 Å². The summed E-state index contributed by atoms with van der Waals surface area (Å²) in [6.07, 6.45) is 1.80. The number of halogens is 1.